The molecule has 188 valence electrons. The second-order valence-electron chi connectivity index (χ2n) is 9.98. The highest BCUT2D eigenvalue weighted by Gasteiger charge is 2.24. The van der Waals surface area contributed by atoms with E-state index in [1.807, 2.05) is 6.07 Å². The van der Waals surface area contributed by atoms with Crippen molar-refractivity contribution in [2.24, 2.45) is 5.92 Å². The van der Waals surface area contributed by atoms with Gasteiger partial charge in [-0.05, 0) is 85.1 Å². The summed E-state index contributed by atoms with van der Waals surface area (Å²) in [7, 11) is 1.58. The van der Waals surface area contributed by atoms with E-state index in [1.165, 1.54) is 17.2 Å². The quantitative estimate of drug-likeness (QED) is 0.514. The number of nitrogens with zero attached hydrogens (tertiary/aromatic N) is 2. The molecule has 0 saturated carbocycles. The molecule has 6 heteroatoms. The summed E-state index contributed by atoms with van der Waals surface area (Å²) in [6, 6.07) is 10.5. The fourth-order valence-electron chi connectivity index (χ4n) is 5.82. The molecule has 0 bridgehead atoms. The highest BCUT2D eigenvalue weighted by molar-refractivity contribution is 6.04. The van der Waals surface area contributed by atoms with Crippen molar-refractivity contribution in [1.29, 1.82) is 0 Å². The Balaban J connectivity index is 1.57. The van der Waals surface area contributed by atoms with Gasteiger partial charge in [0, 0.05) is 37.6 Å². The molecule has 0 radical (unpaired) electrons. The van der Waals surface area contributed by atoms with Gasteiger partial charge >= 0.3 is 0 Å². The summed E-state index contributed by atoms with van der Waals surface area (Å²) in [4.78, 5) is 19.7. The molecule has 5 rings (SSSR count). The van der Waals surface area contributed by atoms with Crippen LogP contribution in [0.1, 0.15) is 46.4 Å². The Morgan fingerprint density at radius 1 is 1.17 bits per heavy atom. The van der Waals surface area contributed by atoms with Crippen molar-refractivity contribution < 1.29 is 13.9 Å². The zero-order chi connectivity index (χ0) is 25.2. The van der Waals surface area contributed by atoms with E-state index >= 15 is 0 Å². The van der Waals surface area contributed by atoms with E-state index in [1.54, 1.807) is 25.2 Å². The van der Waals surface area contributed by atoms with E-state index in [-0.39, 0.29) is 17.4 Å². The van der Waals surface area contributed by atoms with E-state index in [4.69, 9.17) is 4.74 Å². The van der Waals surface area contributed by atoms with Crippen LogP contribution in [-0.4, -0.2) is 55.7 Å². The van der Waals surface area contributed by atoms with Crippen molar-refractivity contribution >= 4 is 22.4 Å². The second kappa shape index (κ2) is 10.5. The molecular formula is C30H34FN3O2. The van der Waals surface area contributed by atoms with Crippen LogP contribution in [0.4, 0.5) is 4.39 Å². The van der Waals surface area contributed by atoms with Crippen LogP contribution < -0.4 is 5.32 Å². The first-order chi connectivity index (χ1) is 17.5. The molecule has 5 nitrogen and oxygen atoms in total. The summed E-state index contributed by atoms with van der Waals surface area (Å²) in [5.41, 5.74) is 7.02. The number of carbonyl (C=O) groups is 1. The highest BCUT2D eigenvalue weighted by atomic mass is 19.1. The molecule has 2 heterocycles. The number of hydrogen-bond donors (Lipinski definition) is 1. The number of benzene rings is 2. The number of morpholine rings is 1. The molecule has 36 heavy (non-hydrogen) atoms. The lowest BCUT2D eigenvalue weighted by molar-refractivity contribution is 0.0301. The average molecular weight is 488 g/mol. The maximum absolute atomic E-state index is 15.0. The van der Waals surface area contributed by atoms with E-state index in [9.17, 15) is 9.18 Å². The van der Waals surface area contributed by atoms with Crippen LogP contribution in [0.15, 0.2) is 42.5 Å². The van der Waals surface area contributed by atoms with Crippen molar-refractivity contribution in [3.05, 3.63) is 70.7 Å². The Labute approximate surface area is 212 Å². The molecule has 1 fully saturated rings. The minimum Gasteiger partial charge on any atom is -0.379 e. The first kappa shape index (κ1) is 24.6. The van der Waals surface area contributed by atoms with Crippen LogP contribution in [0.5, 0.6) is 0 Å². The number of aromatic nitrogens is 1. The maximum Gasteiger partial charge on any atom is 0.269 e. The lowest BCUT2D eigenvalue weighted by Crippen LogP contribution is -2.39. The molecule has 1 N–H and O–H groups in total. The Hall–Kier alpha value is -3.09. The highest BCUT2D eigenvalue weighted by Crippen LogP contribution is 2.40. The third-order valence-corrected chi connectivity index (χ3v) is 7.63. The molecular weight excluding hydrogens is 453 g/mol. The number of hydrogen-bond acceptors (Lipinski definition) is 4. The largest absolute Gasteiger partial charge is 0.379 e. The number of carbonyl (C=O) groups excluding carboxylic acids is 1. The summed E-state index contributed by atoms with van der Waals surface area (Å²) < 4.78 is 20.5. The van der Waals surface area contributed by atoms with Gasteiger partial charge in [0.25, 0.3) is 5.91 Å². The Kier molecular flexibility index (Phi) is 7.17. The minimum absolute atomic E-state index is 0.282. The fourth-order valence-corrected chi connectivity index (χ4v) is 5.82. The van der Waals surface area contributed by atoms with Crippen LogP contribution in [-0.2, 0) is 4.74 Å². The zero-order valence-electron chi connectivity index (χ0n) is 21.4. The number of halogens is 1. The van der Waals surface area contributed by atoms with Gasteiger partial charge in [0.05, 0.1) is 18.7 Å². The van der Waals surface area contributed by atoms with Crippen LogP contribution in [0.25, 0.3) is 27.6 Å². The lowest BCUT2D eigenvalue weighted by atomic mass is 9.81. The number of rotatable bonds is 5. The monoisotopic (exact) mass is 487 g/mol. The molecule has 1 aromatic heterocycles. The first-order valence-electron chi connectivity index (χ1n) is 12.9. The van der Waals surface area contributed by atoms with E-state index in [0.717, 1.165) is 74.1 Å². The van der Waals surface area contributed by atoms with Crippen LogP contribution in [0, 0.1) is 25.6 Å². The number of aryl methyl sites for hydroxylation is 2. The smallest absolute Gasteiger partial charge is 0.269 e. The second-order valence-corrected chi connectivity index (χ2v) is 9.98. The molecule has 1 atom stereocenters. The minimum atomic E-state index is -0.308. The van der Waals surface area contributed by atoms with Gasteiger partial charge in [0.2, 0.25) is 0 Å². The molecule has 2 aliphatic rings. The number of allylic oxidation sites excluding steroid dienone is 2. The SMILES string of the molecule is CNC(=O)c1cc(-c2ccccc2F)c2c(C)c(C3=CCC(CN4CCOCC4)CC3)c(C)cc2n1. The standard InChI is InChI=1S/C30H34FN3O2/c1-19-16-26-29(24(17-27(33-26)30(35)32-3)23-6-4-5-7-25(23)31)20(2)28(19)22-10-8-21(9-11-22)18-34-12-14-36-15-13-34/h4-7,10,16-17,21H,8-9,11-15,18H2,1-3H3,(H,32,35). The number of amides is 1. The molecule has 1 unspecified atom stereocenters. The van der Waals surface area contributed by atoms with Crippen molar-refractivity contribution in [1.82, 2.24) is 15.2 Å². The third kappa shape index (κ3) is 4.80. The van der Waals surface area contributed by atoms with Gasteiger partial charge in [-0.2, -0.15) is 0 Å². The van der Waals surface area contributed by atoms with Crippen molar-refractivity contribution in [2.75, 3.05) is 39.9 Å². The topological polar surface area (TPSA) is 54.5 Å². The van der Waals surface area contributed by atoms with Gasteiger partial charge < -0.3 is 10.1 Å². The Morgan fingerprint density at radius 2 is 1.94 bits per heavy atom. The van der Waals surface area contributed by atoms with Gasteiger partial charge in [-0.15, -0.1) is 0 Å². The predicted octanol–water partition coefficient (Wildman–Crippen LogP) is 5.53. The lowest BCUT2D eigenvalue weighted by Gasteiger charge is -2.32. The van der Waals surface area contributed by atoms with Gasteiger partial charge in [0.1, 0.15) is 11.5 Å². The van der Waals surface area contributed by atoms with Crippen molar-refractivity contribution in [3.63, 3.8) is 0 Å². The molecule has 1 saturated heterocycles. The molecule has 1 aliphatic heterocycles. The first-order valence-corrected chi connectivity index (χ1v) is 12.9. The molecule has 1 amide bonds. The summed E-state index contributed by atoms with van der Waals surface area (Å²) >= 11 is 0. The third-order valence-electron chi connectivity index (χ3n) is 7.63. The van der Waals surface area contributed by atoms with Crippen LogP contribution in [0.3, 0.4) is 0 Å². The van der Waals surface area contributed by atoms with E-state index in [2.05, 4.69) is 41.2 Å². The summed E-state index contributed by atoms with van der Waals surface area (Å²) in [5, 5.41) is 3.56. The molecule has 2 aromatic carbocycles. The summed E-state index contributed by atoms with van der Waals surface area (Å²) in [6.45, 7) is 9.08. The summed E-state index contributed by atoms with van der Waals surface area (Å²) in [5.74, 6) is 0.0751. The van der Waals surface area contributed by atoms with Gasteiger partial charge in [0.15, 0.2) is 0 Å². The van der Waals surface area contributed by atoms with Crippen LogP contribution >= 0.6 is 0 Å². The maximum atomic E-state index is 15.0. The summed E-state index contributed by atoms with van der Waals surface area (Å²) in [6.07, 6.45) is 5.66. The number of nitrogens with one attached hydrogen (secondary N) is 1. The Bertz CT molecular complexity index is 1330. The van der Waals surface area contributed by atoms with Gasteiger partial charge in [-0.25, -0.2) is 9.37 Å². The fraction of sp³-hybridized carbons (Fsp3) is 0.400. The molecule has 1 aliphatic carbocycles. The van der Waals surface area contributed by atoms with Crippen molar-refractivity contribution in [3.8, 4) is 11.1 Å². The normalized spacial score (nSPS) is 18.8. The van der Waals surface area contributed by atoms with E-state index in [0.29, 0.717) is 17.0 Å². The van der Waals surface area contributed by atoms with Gasteiger partial charge in [-0.3, -0.25) is 9.69 Å². The average Bonchev–Trinajstić information content (AvgIpc) is 2.89. The van der Waals surface area contributed by atoms with Gasteiger partial charge in [-0.1, -0.05) is 24.3 Å². The zero-order valence-corrected chi connectivity index (χ0v) is 21.4. The number of fused-ring (bicyclic) bond motifs is 1. The molecule has 0 spiro atoms. The number of pyridine rings is 1. The van der Waals surface area contributed by atoms with Crippen molar-refractivity contribution in [2.45, 2.75) is 33.1 Å². The van der Waals surface area contributed by atoms with E-state index < -0.39 is 0 Å². The predicted molar refractivity (Wildman–Crippen MR) is 143 cm³/mol. The molecule has 3 aromatic rings. The number of ether oxygens (including phenoxy) is 1. The Morgan fingerprint density at radius 3 is 2.64 bits per heavy atom. The van der Waals surface area contributed by atoms with Crippen LogP contribution in [0.2, 0.25) is 0 Å².